The molecule has 2 fully saturated rings. The minimum absolute atomic E-state index is 0.161. The van der Waals surface area contributed by atoms with Crippen LogP contribution in [0.25, 0.3) is 0 Å². The SMILES string of the molecule is CC(C)N1CCC2(CC1)CN(C(C)C)CCO2. The molecule has 0 bridgehead atoms. The number of likely N-dealkylation sites (tertiary alicyclic amines) is 1. The highest BCUT2D eigenvalue weighted by molar-refractivity contribution is 4.94. The van der Waals surface area contributed by atoms with E-state index in [1.807, 2.05) is 0 Å². The summed E-state index contributed by atoms with van der Waals surface area (Å²) in [5, 5.41) is 0. The van der Waals surface area contributed by atoms with Gasteiger partial charge in [-0.15, -0.1) is 0 Å². The highest BCUT2D eigenvalue weighted by atomic mass is 16.5. The lowest BCUT2D eigenvalue weighted by molar-refractivity contribution is -0.143. The summed E-state index contributed by atoms with van der Waals surface area (Å²) in [5.74, 6) is 0. The van der Waals surface area contributed by atoms with Crippen LogP contribution in [0.15, 0.2) is 0 Å². The Hall–Kier alpha value is -0.120. The largest absolute Gasteiger partial charge is 0.372 e. The maximum atomic E-state index is 6.15. The first-order chi connectivity index (χ1) is 8.02. The quantitative estimate of drug-likeness (QED) is 0.734. The molecule has 3 nitrogen and oxygen atoms in total. The molecular weight excluding hydrogens is 212 g/mol. The molecule has 1 spiro atoms. The minimum Gasteiger partial charge on any atom is -0.372 e. The Balaban J connectivity index is 1.93. The van der Waals surface area contributed by atoms with Crippen molar-refractivity contribution in [3.63, 3.8) is 0 Å². The Morgan fingerprint density at radius 1 is 0.882 bits per heavy atom. The van der Waals surface area contributed by atoms with Gasteiger partial charge in [-0.3, -0.25) is 4.90 Å². The van der Waals surface area contributed by atoms with Crippen molar-refractivity contribution in [2.45, 2.75) is 58.2 Å². The molecule has 0 aromatic rings. The maximum Gasteiger partial charge on any atom is 0.0833 e. The van der Waals surface area contributed by atoms with E-state index in [1.165, 1.54) is 25.9 Å². The molecular formula is C14H28N2O. The van der Waals surface area contributed by atoms with Crippen LogP contribution in [0.3, 0.4) is 0 Å². The van der Waals surface area contributed by atoms with E-state index < -0.39 is 0 Å². The normalized spacial score (nSPS) is 27.2. The molecule has 100 valence electrons. The van der Waals surface area contributed by atoms with Crippen LogP contribution in [0, 0.1) is 0 Å². The van der Waals surface area contributed by atoms with Crippen molar-refractivity contribution in [1.29, 1.82) is 0 Å². The smallest absolute Gasteiger partial charge is 0.0833 e. The fraction of sp³-hybridized carbons (Fsp3) is 1.00. The summed E-state index contributed by atoms with van der Waals surface area (Å²) in [6, 6.07) is 1.33. The molecule has 2 aliphatic heterocycles. The van der Waals surface area contributed by atoms with Crippen molar-refractivity contribution < 1.29 is 4.74 Å². The Morgan fingerprint density at radius 2 is 1.47 bits per heavy atom. The van der Waals surface area contributed by atoms with Gasteiger partial charge in [0.2, 0.25) is 0 Å². The molecule has 0 aromatic heterocycles. The number of hydrogen-bond donors (Lipinski definition) is 0. The van der Waals surface area contributed by atoms with Gasteiger partial charge in [0.15, 0.2) is 0 Å². The zero-order chi connectivity index (χ0) is 12.5. The van der Waals surface area contributed by atoms with Crippen LogP contribution in [0.5, 0.6) is 0 Å². The van der Waals surface area contributed by atoms with Crippen molar-refractivity contribution >= 4 is 0 Å². The van der Waals surface area contributed by atoms with Gasteiger partial charge in [-0.25, -0.2) is 0 Å². The molecule has 0 radical (unpaired) electrons. The first-order valence-electron chi connectivity index (χ1n) is 7.14. The van der Waals surface area contributed by atoms with E-state index in [4.69, 9.17) is 4.74 Å². The summed E-state index contributed by atoms with van der Waals surface area (Å²) in [5.41, 5.74) is 0.161. The standard InChI is InChI=1S/C14H28N2O/c1-12(2)15-7-5-14(6-8-15)11-16(13(3)4)9-10-17-14/h12-13H,5-11H2,1-4H3. The zero-order valence-electron chi connectivity index (χ0n) is 11.9. The van der Waals surface area contributed by atoms with Gasteiger partial charge in [0.1, 0.15) is 0 Å². The molecule has 0 N–H and O–H groups in total. The van der Waals surface area contributed by atoms with E-state index in [9.17, 15) is 0 Å². The topological polar surface area (TPSA) is 15.7 Å². The molecule has 3 heteroatoms. The van der Waals surface area contributed by atoms with Crippen molar-refractivity contribution in [2.24, 2.45) is 0 Å². The fourth-order valence-corrected chi connectivity index (χ4v) is 3.07. The predicted molar refractivity (Wildman–Crippen MR) is 71.3 cm³/mol. The highest BCUT2D eigenvalue weighted by Crippen LogP contribution is 2.31. The van der Waals surface area contributed by atoms with Crippen LogP contribution in [0.1, 0.15) is 40.5 Å². The van der Waals surface area contributed by atoms with Gasteiger partial charge >= 0.3 is 0 Å². The molecule has 0 atom stereocenters. The molecule has 2 saturated heterocycles. The van der Waals surface area contributed by atoms with Crippen LogP contribution in [0.2, 0.25) is 0 Å². The predicted octanol–water partition coefficient (Wildman–Crippen LogP) is 1.97. The summed E-state index contributed by atoms with van der Waals surface area (Å²) < 4.78 is 6.15. The summed E-state index contributed by atoms with van der Waals surface area (Å²) in [6.45, 7) is 14.7. The Labute approximate surface area is 106 Å². The van der Waals surface area contributed by atoms with Crippen LogP contribution in [0.4, 0.5) is 0 Å². The highest BCUT2D eigenvalue weighted by Gasteiger charge is 2.40. The lowest BCUT2D eigenvalue weighted by Gasteiger charge is -2.49. The first kappa shape index (κ1) is 13.3. The van der Waals surface area contributed by atoms with E-state index in [0.717, 1.165) is 19.7 Å². The van der Waals surface area contributed by atoms with Gasteiger partial charge in [0.25, 0.3) is 0 Å². The van der Waals surface area contributed by atoms with E-state index in [-0.39, 0.29) is 5.60 Å². The van der Waals surface area contributed by atoms with Crippen molar-refractivity contribution in [2.75, 3.05) is 32.8 Å². The Bertz CT molecular complexity index is 245. The van der Waals surface area contributed by atoms with Gasteiger partial charge in [0, 0.05) is 38.3 Å². The van der Waals surface area contributed by atoms with Crippen molar-refractivity contribution in [3.8, 4) is 0 Å². The molecule has 17 heavy (non-hydrogen) atoms. The second kappa shape index (κ2) is 5.25. The van der Waals surface area contributed by atoms with Gasteiger partial charge in [-0.2, -0.15) is 0 Å². The third-order valence-electron chi connectivity index (χ3n) is 4.45. The number of rotatable bonds is 2. The summed E-state index contributed by atoms with van der Waals surface area (Å²) >= 11 is 0. The summed E-state index contributed by atoms with van der Waals surface area (Å²) in [7, 11) is 0. The second-order valence-electron chi connectivity index (χ2n) is 6.23. The van der Waals surface area contributed by atoms with Gasteiger partial charge in [-0.1, -0.05) is 0 Å². The number of hydrogen-bond acceptors (Lipinski definition) is 3. The van der Waals surface area contributed by atoms with Gasteiger partial charge in [-0.05, 0) is 40.5 Å². The average molecular weight is 240 g/mol. The molecule has 0 unspecified atom stereocenters. The van der Waals surface area contributed by atoms with Crippen molar-refractivity contribution in [1.82, 2.24) is 9.80 Å². The molecule has 0 aromatic carbocycles. The van der Waals surface area contributed by atoms with E-state index in [0.29, 0.717) is 12.1 Å². The van der Waals surface area contributed by atoms with Crippen LogP contribution in [-0.4, -0.2) is 60.3 Å². The van der Waals surface area contributed by atoms with E-state index >= 15 is 0 Å². The molecule has 0 aliphatic carbocycles. The zero-order valence-corrected chi connectivity index (χ0v) is 11.9. The van der Waals surface area contributed by atoms with Crippen molar-refractivity contribution in [3.05, 3.63) is 0 Å². The fourth-order valence-electron chi connectivity index (χ4n) is 3.07. The van der Waals surface area contributed by atoms with Crippen LogP contribution < -0.4 is 0 Å². The number of piperidine rings is 1. The van der Waals surface area contributed by atoms with E-state index in [2.05, 4.69) is 37.5 Å². The molecule has 0 amide bonds. The van der Waals surface area contributed by atoms with Crippen LogP contribution >= 0.6 is 0 Å². The van der Waals surface area contributed by atoms with Gasteiger partial charge < -0.3 is 9.64 Å². The summed E-state index contributed by atoms with van der Waals surface area (Å²) in [6.07, 6.45) is 2.41. The average Bonchev–Trinajstić information content (AvgIpc) is 2.29. The molecule has 2 heterocycles. The lowest BCUT2D eigenvalue weighted by Crippen LogP contribution is -2.58. The molecule has 2 aliphatic rings. The van der Waals surface area contributed by atoms with Gasteiger partial charge in [0.05, 0.1) is 12.2 Å². The van der Waals surface area contributed by atoms with Crippen LogP contribution in [-0.2, 0) is 4.74 Å². The third-order valence-corrected chi connectivity index (χ3v) is 4.45. The number of ether oxygens (including phenoxy) is 1. The Kier molecular flexibility index (Phi) is 4.11. The minimum atomic E-state index is 0.161. The summed E-state index contributed by atoms with van der Waals surface area (Å²) in [4.78, 5) is 5.15. The molecule has 2 rings (SSSR count). The maximum absolute atomic E-state index is 6.15. The Morgan fingerprint density at radius 3 is 2.00 bits per heavy atom. The molecule has 0 saturated carbocycles. The lowest BCUT2D eigenvalue weighted by atomic mass is 9.88. The number of nitrogens with zero attached hydrogens (tertiary/aromatic N) is 2. The second-order valence-corrected chi connectivity index (χ2v) is 6.23. The number of morpholine rings is 1. The van der Waals surface area contributed by atoms with E-state index in [1.54, 1.807) is 0 Å². The first-order valence-corrected chi connectivity index (χ1v) is 7.14. The third kappa shape index (κ3) is 3.01. The monoisotopic (exact) mass is 240 g/mol.